The fraction of sp³-hybridized carbons (Fsp3) is 0.714. The second-order valence-corrected chi connectivity index (χ2v) is 2.93. The molecule has 13 heavy (non-hydrogen) atoms. The number of hydrogen-bond donors (Lipinski definition) is 2. The first kappa shape index (κ1) is 12.6. The number of nitrogens with zero attached hydrogens (tertiary/aromatic N) is 2. The zero-order valence-corrected chi connectivity index (χ0v) is 9.20. The number of amidine groups is 1. The topological polar surface area (TPSA) is 48.7 Å². The summed E-state index contributed by atoms with van der Waals surface area (Å²) in [6.07, 6.45) is 0.893. The van der Waals surface area contributed by atoms with Crippen LogP contribution < -0.4 is 0 Å². The van der Waals surface area contributed by atoms with Crippen molar-refractivity contribution in [2.45, 2.75) is 6.42 Å². The Morgan fingerprint density at radius 3 is 3.00 bits per heavy atom. The Morgan fingerprint density at radius 1 is 1.77 bits per heavy atom. The molecule has 0 aliphatic carbocycles. The van der Waals surface area contributed by atoms with Gasteiger partial charge in [-0.25, -0.2) is 0 Å². The SMILES string of the molecule is CO/N=C1/CCN(C(=N)CS)C1.Cl. The van der Waals surface area contributed by atoms with Crippen LogP contribution in [0.5, 0.6) is 0 Å². The molecular formula is C7H14ClN3OS. The van der Waals surface area contributed by atoms with Crippen LogP contribution in [0.1, 0.15) is 6.42 Å². The van der Waals surface area contributed by atoms with Crippen LogP contribution in [0.2, 0.25) is 0 Å². The normalized spacial score (nSPS) is 18.6. The molecule has 4 nitrogen and oxygen atoms in total. The van der Waals surface area contributed by atoms with Gasteiger partial charge < -0.3 is 9.74 Å². The fourth-order valence-electron chi connectivity index (χ4n) is 1.18. The van der Waals surface area contributed by atoms with Gasteiger partial charge in [0.25, 0.3) is 0 Å². The molecule has 1 heterocycles. The standard InChI is InChI=1S/C7H13N3OS.ClH/c1-11-9-6-2-3-10(4-6)7(8)5-12;/h8,12H,2-5H2,1H3;1H/b8-7?,9-6-;. The Kier molecular flexibility index (Phi) is 5.90. The van der Waals surface area contributed by atoms with Crippen LogP contribution in [0.4, 0.5) is 0 Å². The summed E-state index contributed by atoms with van der Waals surface area (Å²) in [7, 11) is 1.54. The Morgan fingerprint density at radius 2 is 2.46 bits per heavy atom. The van der Waals surface area contributed by atoms with Gasteiger partial charge in [-0.3, -0.25) is 5.41 Å². The van der Waals surface area contributed by atoms with Gasteiger partial charge in [0.15, 0.2) is 0 Å². The van der Waals surface area contributed by atoms with Crippen molar-refractivity contribution < 1.29 is 4.84 Å². The van der Waals surface area contributed by atoms with Crippen LogP contribution in [-0.2, 0) is 4.84 Å². The van der Waals surface area contributed by atoms with E-state index in [1.54, 1.807) is 7.11 Å². The molecule has 0 aromatic rings. The van der Waals surface area contributed by atoms with Crippen LogP contribution >= 0.6 is 25.0 Å². The maximum Gasteiger partial charge on any atom is 0.106 e. The van der Waals surface area contributed by atoms with E-state index in [2.05, 4.69) is 22.6 Å². The average molecular weight is 224 g/mol. The first-order chi connectivity index (χ1) is 5.77. The van der Waals surface area contributed by atoms with Crippen LogP contribution in [0.3, 0.4) is 0 Å². The van der Waals surface area contributed by atoms with E-state index >= 15 is 0 Å². The highest BCUT2D eigenvalue weighted by atomic mass is 35.5. The van der Waals surface area contributed by atoms with Gasteiger partial charge >= 0.3 is 0 Å². The first-order valence-corrected chi connectivity index (χ1v) is 4.43. The molecule has 0 radical (unpaired) electrons. The summed E-state index contributed by atoms with van der Waals surface area (Å²) in [6.45, 7) is 1.58. The van der Waals surface area contributed by atoms with Crippen molar-refractivity contribution in [2.75, 3.05) is 26.0 Å². The Labute approximate surface area is 89.6 Å². The van der Waals surface area contributed by atoms with E-state index in [9.17, 15) is 0 Å². The summed E-state index contributed by atoms with van der Waals surface area (Å²) in [5, 5.41) is 11.4. The molecule has 6 heteroatoms. The lowest BCUT2D eigenvalue weighted by atomic mass is 10.3. The lowest BCUT2D eigenvalue weighted by Gasteiger charge is -2.15. The zero-order chi connectivity index (χ0) is 8.97. The number of nitrogens with one attached hydrogen (secondary N) is 1. The molecule has 1 N–H and O–H groups in total. The fourth-order valence-corrected chi connectivity index (χ4v) is 1.38. The molecule has 0 amide bonds. The molecule has 1 fully saturated rings. The minimum Gasteiger partial charge on any atom is -0.399 e. The van der Waals surface area contributed by atoms with Gasteiger partial charge in [0.1, 0.15) is 12.9 Å². The summed E-state index contributed by atoms with van der Waals surface area (Å²) < 4.78 is 0. The van der Waals surface area contributed by atoms with Crippen LogP contribution in [0.25, 0.3) is 0 Å². The highest BCUT2D eigenvalue weighted by Crippen LogP contribution is 2.07. The second-order valence-electron chi connectivity index (χ2n) is 2.62. The van der Waals surface area contributed by atoms with Crippen molar-refractivity contribution in [3.8, 4) is 0 Å². The predicted octanol–water partition coefficient (Wildman–Crippen LogP) is 1.02. The third-order valence-corrected chi connectivity index (χ3v) is 2.10. The predicted molar refractivity (Wildman–Crippen MR) is 59.5 cm³/mol. The molecule has 1 rings (SSSR count). The maximum atomic E-state index is 7.51. The van der Waals surface area contributed by atoms with Crippen molar-refractivity contribution in [3.63, 3.8) is 0 Å². The van der Waals surface area contributed by atoms with Gasteiger partial charge in [-0.15, -0.1) is 12.4 Å². The molecule has 1 aliphatic heterocycles. The summed E-state index contributed by atoms with van der Waals surface area (Å²) in [5.41, 5.74) is 1.00. The van der Waals surface area contributed by atoms with Crippen molar-refractivity contribution >= 4 is 36.6 Å². The molecular weight excluding hydrogens is 210 g/mol. The lowest BCUT2D eigenvalue weighted by molar-refractivity contribution is 0.212. The van der Waals surface area contributed by atoms with E-state index in [-0.39, 0.29) is 12.4 Å². The minimum absolute atomic E-state index is 0. The van der Waals surface area contributed by atoms with E-state index in [1.165, 1.54) is 0 Å². The van der Waals surface area contributed by atoms with E-state index < -0.39 is 0 Å². The van der Waals surface area contributed by atoms with Gasteiger partial charge in [0, 0.05) is 18.7 Å². The molecule has 0 saturated carbocycles. The van der Waals surface area contributed by atoms with Crippen LogP contribution in [0, 0.1) is 5.41 Å². The highest BCUT2D eigenvalue weighted by molar-refractivity contribution is 7.81. The van der Waals surface area contributed by atoms with E-state index in [0.717, 1.165) is 18.7 Å². The van der Waals surface area contributed by atoms with E-state index in [0.29, 0.717) is 18.1 Å². The van der Waals surface area contributed by atoms with Crippen molar-refractivity contribution in [1.82, 2.24) is 4.90 Å². The Balaban J connectivity index is 0.00000144. The van der Waals surface area contributed by atoms with Crippen LogP contribution in [0.15, 0.2) is 5.16 Å². The maximum absolute atomic E-state index is 7.51. The number of oxime groups is 1. The summed E-state index contributed by atoms with van der Waals surface area (Å²) in [5.74, 6) is 1.04. The zero-order valence-electron chi connectivity index (χ0n) is 7.49. The lowest BCUT2D eigenvalue weighted by Crippen LogP contribution is -2.29. The quantitative estimate of drug-likeness (QED) is 0.318. The number of rotatable bonds is 2. The van der Waals surface area contributed by atoms with Crippen molar-refractivity contribution in [2.24, 2.45) is 5.16 Å². The third-order valence-electron chi connectivity index (χ3n) is 1.80. The second kappa shape index (κ2) is 6.10. The summed E-state index contributed by atoms with van der Waals surface area (Å²) >= 11 is 4.04. The van der Waals surface area contributed by atoms with Gasteiger partial charge in [-0.2, -0.15) is 12.6 Å². The average Bonchev–Trinajstić information content (AvgIpc) is 2.52. The van der Waals surface area contributed by atoms with E-state index in [4.69, 9.17) is 5.41 Å². The molecule has 0 atom stereocenters. The van der Waals surface area contributed by atoms with Crippen molar-refractivity contribution in [3.05, 3.63) is 0 Å². The number of thiol groups is 1. The van der Waals surface area contributed by atoms with Gasteiger partial charge in [0.05, 0.1) is 12.3 Å². The number of likely N-dealkylation sites (tertiary alicyclic amines) is 1. The third kappa shape index (κ3) is 3.44. The molecule has 0 aromatic carbocycles. The summed E-state index contributed by atoms with van der Waals surface area (Å²) in [4.78, 5) is 6.61. The molecule has 1 aliphatic rings. The summed E-state index contributed by atoms with van der Waals surface area (Å²) in [6, 6.07) is 0. The number of hydrogen-bond acceptors (Lipinski definition) is 4. The Hall–Kier alpha value is -0.420. The molecule has 1 saturated heterocycles. The van der Waals surface area contributed by atoms with Gasteiger partial charge in [0.2, 0.25) is 0 Å². The van der Waals surface area contributed by atoms with Crippen molar-refractivity contribution in [1.29, 1.82) is 5.41 Å². The molecule has 0 aromatic heterocycles. The number of halogens is 1. The first-order valence-electron chi connectivity index (χ1n) is 3.80. The molecule has 0 unspecified atom stereocenters. The highest BCUT2D eigenvalue weighted by Gasteiger charge is 2.19. The molecule has 0 bridgehead atoms. The smallest absolute Gasteiger partial charge is 0.106 e. The Bertz CT molecular complexity index is 210. The molecule has 76 valence electrons. The van der Waals surface area contributed by atoms with E-state index in [1.807, 2.05) is 4.90 Å². The molecule has 0 spiro atoms. The van der Waals surface area contributed by atoms with Gasteiger partial charge in [-0.05, 0) is 0 Å². The van der Waals surface area contributed by atoms with Crippen LogP contribution in [-0.4, -0.2) is 42.4 Å². The minimum atomic E-state index is 0. The van der Waals surface area contributed by atoms with Gasteiger partial charge in [-0.1, -0.05) is 5.16 Å². The monoisotopic (exact) mass is 223 g/mol. The largest absolute Gasteiger partial charge is 0.399 e.